The zero-order valence-electron chi connectivity index (χ0n) is 19.7. The molecule has 2 amide bonds. The molecule has 0 saturated heterocycles. The average molecular weight is 595 g/mol. The Bertz CT molecular complexity index is 1670. The monoisotopic (exact) mass is 594 g/mol. The summed E-state index contributed by atoms with van der Waals surface area (Å²) in [6, 6.07) is 7.74. The zero-order valence-corrected chi connectivity index (χ0v) is 21.3. The van der Waals surface area contributed by atoms with Gasteiger partial charge in [0.2, 0.25) is 10.9 Å². The highest BCUT2D eigenvalue weighted by molar-refractivity contribution is 7.20. The van der Waals surface area contributed by atoms with Gasteiger partial charge >= 0.3 is 11.9 Å². The molecule has 12 nitrogen and oxygen atoms in total. The van der Waals surface area contributed by atoms with Gasteiger partial charge < -0.3 is 31.1 Å². The van der Waals surface area contributed by atoms with Gasteiger partial charge in [-0.25, -0.2) is 8.78 Å². The highest BCUT2D eigenvalue weighted by Gasteiger charge is 2.22. The van der Waals surface area contributed by atoms with Crippen molar-refractivity contribution in [3.63, 3.8) is 0 Å². The molecule has 0 saturated carbocycles. The Hall–Kier alpha value is -4.96. The van der Waals surface area contributed by atoms with Gasteiger partial charge in [0.05, 0.1) is 10.8 Å². The second-order valence-corrected chi connectivity index (χ2v) is 9.66. The summed E-state index contributed by atoms with van der Waals surface area (Å²) in [5, 5.41) is 38.4. The molecule has 0 aliphatic carbocycles. The van der Waals surface area contributed by atoms with E-state index >= 15 is 0 Å². The van der Waals surface area contributed by atoms with Crippen molar-refractivity contribution in [3.8, 4) is 10.1 Å². The summed E-state index contributed by atoms with van der Waals surface area (Å²) in [6.07, 6.45) is 0. The van der Waals surface area contributed by atoms with E-state index in [0.717, 1.165) is 12.1 Å². The van der Waals surface area contributed by atoms with Crippen molar-refractivity contribution in [3.05, 3.63) is 79.6 Å². The van der Waals surface area contributed by atoms with Crippen molar-refractivity contribution < 1.29 is 48.4 Å². The number of halogens is 2. The van der Waals surface area contributed by atoms with Crippen LogP contribution in [-0.2, 0) is 9.59 Å². The molecule has 0 aliphatic heterocycles. The molecular weight excluding hydrogens is 578 g/mol. The minimum Gasteiger partial charge on any atom is -0.499 e. The number of carbonyl (C=O) groups excluding carboxylic acids is 2. The van der Waals surface area contributed by atoms with E-state index in [2.05, 4.69) is 0 Å². The minimum absolute atomic E-state index is 0.197. The lowest BCUT2D eigenvalue weighted by atomic mass is 10.2. The molecule has 2 aromatic heterocycles. The normalized spacial score (nSPS) is 10.4. The molecule has 0 bridgehead atoms. The Morgan fingerprint density at radius 2 is 1.02 bits per heavy atom. The van der Waals surface area contributed by atoms with Crippen molar-refractivity contribution in [2.75, 3.05) is 13.1 Å². The lowest BCUT2D eigenvalue weighted by Crippen LogP contribution is -2.32. The molecular formula is C24H16F2N2O10S2. The maximum atomic E-state index is 13.6. The van der Waals surface area contributed by atoms with E-state index in [9.17, 15) is 47.8 Å². The fraction of sp³-hybridized carbons (Fsp3) is 0.0833. The minimum atomic E-state index is -1.30. The molecule has 0 atom stereocenters. The Balaban J connectivity index is 0.000000220. The SMILES string of the molecule is O=C(O)CNC(=O)c1c(O)sc2cccc(F)c2c1=O.O=C(O)CNC(=O)c1c(O)sc2cccc(F)c2c1=O. The molecule has 0 spiro atoms. The van der Waals surface area contributed by atoms with Gasteiger partial charge in [0, 0.05) is 9.40 Å². The summed E-state index contributed by atoms with van der Waals surface area (Å²) in [5.74, 6) is -6.35. The third kappa shape index (κ3) is 6.36. The van der Waals surface area contributed by atoms with Crippen LogP contribution in [0.25, 0.3) is 20.2 Å². The first-order valence-electron chi connectivity index (χ1n) is 10.7. The molecule has 0 fully saturated rings. The first-order chi connectivity index (χ1) is 18.8. The van der Waals surface area contributed by atoms with Crippen molar-refractivity contribution in [1.29, 1.82) is 0 Å². The average Bonchev–Trinajstić information content (AvgIpc) is 2.86. The Morgan fingerprint density at radius 1 is 0.675 bits per heavy atom. The van der Waals surface area contributed by atoms with Gasteiger partial charge in [0.25, 0.3) is 11.8 Å². The van der Waals surface area contributed by atoms with E-state index in [1.807, 2.05) is 10.6 Å². The summed E-state index contributed by atoms with van der Waals surface area (Å²) < 4.78 is 27.7. The van der Waals surface area contributed by atoms with E-state index in [1.54, 1.807) is 0 Å². The van der Waals surface area contributed by atoms with Crippen LogP contribution in [0.15, 0.2) is 46.0 Å². The molecule has 16 heteroatoms. The van der Waals surface area contributed by atoms with Crippen LogP contribution in [-0.4, -0.2) is 57.3 Å². The molecule has 2 aromatic carbocycles. The van der Waals surface area contributed by atoms with Gasteiger partial charge in [-0.3, -0.25) is 28.8 Å². The predicted octanol–water partition coefficient (Wildman–Crippen LogP) is 1.84. The maximum absolute atomic E-state index is 13.6. The van der Waals surface area contributed by atoms with Gasteiger partial charge in [-0.15, -0.1) is 0 Å². The predicted molar refractivity (Wildman–Crippen MR) is 139 cm³/mol. The van der Waals surface area contributed by atoms with E-state index in [1.165, 1.54) is 24.3 Å². The number of aromatic hydroxyl groups is 2. The molecule has 4 aromatic rings. The molecule has 0 aliphatic rings. The number of aliphatic carboxylic acids is 2. The fourth-order valence-corrected chi connectivity index (χ4v) is 5.13. The van der Waals surface area contributed by atoms with Gasteiger partial charge in [-0.1, -0.05) is 34.8 Å². The highest BCUT2D eigenvalue weighted by atomic mass is 32.1. The number of rotatable bonds is 6. The fourth-order valence-electron chi connectivity index (χ4n) is 3.26. The standard InChI is InChI=1S/2C12H8FNO5S/c2*13-5-2-1-3-6-8(5)10(17)9(12(19)20-6)11(18)14-4-7(15)16/h2*1-3,19H,4H2,(H,14,18)(H,15,16). The molecule has 4 rings (SSSR count). The smallest absolute Gasteiger partial charge is 0.322 e. The number of hydrogen-bond donors (Lipinski definition) is 6. The highest BCUT2D eigenvalue weighted by Crippen LogP contribution is 2.29. The lowest BCUT2D eigenvalue weighted by Gasteiger charge is -2.06. The number of carboxylic acid groups (broad SMARTS) is 2. The third-order valence-corrected chi connectivity index (χ3v) is 6.87. The van der Waals surface area contributed by atoms with E-state index in [-0.39, 0.29) is 20.2 Å². The number of nitrogens with one attached hydrogen (secondary N) is 2. The van der Waals surface area contributed by atoms with Gasteiger partial charge in [-0.2, -0.15) is 0 Å². The first-order valence-corrected chi connectivity index (χ1v) is 12.3. The Labute approximate surface area is 228 Å². The zero-order chi connectivity index (χ0) is 29.7. The number of carboxylic acids is 2. The van der Waals surface area contributed by atoms with Crippen molar-refractivity contribution in [2.45, 2.75) is 0 Å². The Kier molecular flexibility index (Phi) is 9.08. The maximum Gasteiger partial charge on any atom is 0.322 e. The molecule has 208 valence electrons. The van der Waals surface area contributed by atoms with Crippen LogP contribution in [0.5, 0.6) is 10.1 Å². The Morgan fingerprint density at radius 3 is 1.35 bits per heavy atom. The summed E-state index contributed by atoms with van der Waals surface area (Å²) >= 11 is 1.33. The number of carbonyl (C=O) groups is 4. The topological polar surface area (TPSA) is 207 Å². The number of benzene rings is 2. The summed E-state index contributed by atoms with van der Waals surface area (Å²) in [5.41, 5.74) is -3.27. The van der Waals surface area contributed by atoms with Crippen molar-refractivity contribution >= 4 is 66.6 Å². The molecule has 40 heavy (non-hydrogen) atoms. The second kappa shape index (κ2) is 12.3. The number of amides is 2. The van der Waals surface area contributed by atoms with Gasteiger partial charge in [-0.05, 0) is 24.3 Å². The van der Waals surface area contributed by atoms with Crippen LogP contribution < -0.4 is 21.5 Å². The van der Waals surface area contributed by atoms with Crippen LogP contribution in [0, 0.1) is 11.6 Å². The summed E-state index contributed by atoms with van der Waals surface area (Å²) in [7, 11) is 0. The molecule has 0 radical (unpaired) electrons. The van der Waals surface area contributed by atoms with E-state index in [0.29, 0.717) is 22.7 Å². The third-order valence-electron chi connectivity index (χ3n) is 4.95. The lowest BCUT2D eigenvalue weighted by molar-refractivity contribution is -0.136. The molecule has 6 N–H and O–H groups in total. The van der Waals surface area contributed by atoms with Crippen molar-refractivity contribution in [1.82, 2.24) is 10.6 Å². The first kappa shape index (κ1) is 29.6. The van der Waals surface area contributed by atoms with Crippen LogP contribution in [0.3, 0.4) is 0 Å². The van der Waals surface area contributed by atoms with Gasteiger partial charge in [0.15, 0.2) is 10.1 Å². The van der Waals surface area contributed by atoms with E-state index in [4.69, 9.17) is 10.2 Å². The number of hydrogen-bond acceptors (Lipinski definition) is 10. The quantitative estimate of drug-likeness (QED) is 0.191. The van der Waals surface area contributed by atoms with Crippen LogP contribution in [0.4, 0.5) is 8.78 Å². The number of fused-ring (bicyclic) bond motifs is 2. The van der Waals surface area contributed by atoms with Crippen LogP contribution in [0.1, 0.15) is 20.7 Å². The van der Waals surface area contributed by atoms with Crippen molar-refractivity contribution in [2.24, 2.45) is 0 Å². The van der Waals surface area contributed by atoms with E-state index < -0.39 is 80.6 Å². The van der Waals surface area contributed by atoms with Crippen LogP contribution in [0.2, 0.25) is 0 Å². The second-order valence-electron chi connectivity index (χ2n) is 7.60. The van der Waals surface area contributed by atoms with Gasteiger partial charge in [0.1, 0.15) is 35.9 Å². The summed E-state index contributed by atoms with van der Waals surface area (Å²) in [6.45, 7) is -1.42. The molecule has 2 heterocycles. The largest absolute Gasteiger partial charge is 0.499 e. The van der Waals surface area contributed by atoms with Crippen LogP contribution >= 0.6 is 22.7 Å². The molecule has 0 unspecified atom stereocenters. The summed E-state index contributed by atoms with van der Waals surface area (Å²) in [4.78, 5) is 68.2.